The van der Waals surface area contributed by atoms with Crippen LogP contribution in [0.3, 0.4) is 0 Å². The zero-order valence-electron chi connectivity index (χ0n) is 33.5. The van der Waals surface area contributed by atoms with Crippen molar-refractivity contribution < 1.29 is 38.1 Å². The average Bonchev–Trinajstić information content (AvgIpc) is 3.78. The van der Waals surface area contributed by atoms with Crippen molar-refractivity contribution >= 4 is 52.9 Å². The number of hydrogen-bond donors (Lipinski definition) is 0. The van der Waals surface area contributed by atoms with E-state index >= 15 is 0 Å². The Labute approximate surface area is 351 Å². The van der Waals surface area contributed by atoms with Crippen molar-refractivity contribution in [2.45, 2.75) is 57.4 Å². The van der Waals surface area contributed by atoms with Gasteiger partial charge in [-0.2, -0.15) is 0 Å². The van der Waals surface area contributed by atoms with Crippen LogP contribution in [0, 0.1) is 4.91 Å². The minimum Gasteiger partial charge on any atom is -0.494 e. The third kappa shape index (κ3) is 7.68. The number of nitroso groups, excluding NO2 is 1. The van der Waals surface area contributed by atoms with E-state index in [4.69, 9.17) is 33.7 Å². The van der Waals surface area contributed by atoms with Gasteiger partial charge in [-0.1, -0.05) is 36.4 Å². The number of aliphatic imine (C=N–C) groups is 2. The first-order valence-electron chi connectivity index (χ1n) is 20.0. The Hall–Kier alpha value is -7.35. The Balaban J connectivity index is 0.954. The fourth-order valence-electron chi connectivity index (χ4n) is 8.29. The third-order valence-corrected chi connectivity index (χ3v) is 11.2. The van der Waals surface area contributed by atoms with E-state index in [1.165, 1.54) is 14.2 Å². The zero-order chi connectivity index (χ0) is 42.0. The van der Waals surface area contributed by atoms with Gasteiger partial charge in [-0.3, -0.25) is 34.2 Å². The molecule has 0 unspecified atom stereocenters. The zero-order valence-corrected chi connectivity index (χ0v) is 33.5. The number of para-hydroxylation sites is 2. The highest BCUT2D eigenvalue weighted by Crippen LogP contribution is 2.43. The summed E-state index contributed by atoms with van der Waals surface area (Å²) in [5, 5.41) is 2.46. The number of hydrogen-bond acceptors (Lipinski definition) is 11. The molecule has 0 saturated carbocycles. The minimum absolute atomic E-state index is 0.0499. The van der Waals surface area contributed by atoms with Crippen molar-refractivity contribution in [3.63, 3.8) is 0 Å². The lowest BCUT2D eigenvalue weighted by atomic mass is 10.1. The lowest BCUT2D eigenvalue weighted by molar-refractivity contribution is -0.118. The highest BCUT2D eigenvalue weighted by Gasteiger charge is 2.38. The summed E-state index contributed by atoms with van der Waals surface area (Å²) in [6.07, 6.45) is 6.01. The summed E-state index contributed by atoms with van der Waals surface area (Å²) in [6, 6.07) is 27.8. The van der Waals surface area contributed by atoms with Crippen LogP contribution in [0.5, 0.6) is 28.7 Å². The third-order valence-electron chi connectivity index (χ3n) is 11.2. The van der Waals surface area contributed by atoms with Gasteiger partial charge < -0.3 is 23.7 Å². The van der Waals surface area contributed by atoms with E-state index in [9.17, 15) is 19.3 Å². The van der Waals surface area contributed by atoms with Gasteiger partial charge in [0, 0.05) is 60.4 Å². The fraction of sp³-hybridized carbons (Fsp3) is 0.255. The Morgan fingerprint density at radius 2 is 1.16 bits per heavy atom. The number of amides is 3. The van der Waals surface area contributed by atoms with Crippen LogP contribution in [-0.2, 0) is 30.8 Å². The fourth-order valence-corrected chi connectivity index (χ4v) is 8.29. The molecule has 308 valence electrons. The highest BCUT2D eigenvalue weighted by atomic mass is 16.5. The maximum Gasteiger partial charge on any atom is 0.286 e. The number of anilines is 2. The largest absolute Gasteiger partial charge is 0.494 e. The number of benzene rings is 5. The van der Waals surface area contributed by atoms with Crippen LogP contribution >= 0.6 is 0 Å². The molecule has 4 heterocycles. The maximum atomic E-state index is 13.9. The first-order chi connectivity index (χ1) is 29.8. The first kappa shape index (κ1) is 39.1. The molecule has 0 fully saturated rings. The molecule has 4 aliphatic rings. The van der Waals surface area contributed by atoms with Crippen LogP contribution in [0.1, 0.15) is 62.2 Å². The van der Waals surface area contributed by atoms with Gasteiger partial charge in [0.15, 0.2) is 23.0 Å². The number of nitrogens with zero attached hydrogens (tertiary/aromatic N) is 5. The molecule has 0 saturated heterocycles. The van der Waals surface area contributed by atoms with Crippen LogP contribution < -0.4 is 33.5 Å². The Morgan fingerprint density at radius 3 is 1.66 bits per heavy atom. The molecule has 61 heavy (non-hydrogen) atoms. The monoisotopic (exact) mass is 819 g/mol. The van der Waals surface area contributed by atoms with Crippen LogP contribution in [0.2, 0.25) is 0 Å². The SMILES string of the molecule is COc1cc2c(cc1OCc1cc(COc3cc4c(cc3OC)C(=O)N3c5ccccc5C[C@H]3C=N4)cc(OCCCCC(=O)N=O)c1)N=C[C@@H]1Cc3ccccc3N1C2=O. The predicted molar refractivity (Wildman–Crippen MR) is 229 cm³/mol. The van der Waals surface area contributed by atoms with Crippen molar-refractivity contribution in [3.8, 4) is 28.7 Å². The number of carbonyl (C=O) groups excluding carboxylic acids is 3. The summed E-state index contributed by atoms with van der Waals surface area (Å²) >= 11 is 0. The van der Waals surface area contributed by atoms with Crippen LogP contribution in [0.25, 0.3) is 0 Å². The topological polar surface area (TPSA) is 158 Å². The second-order valence-corrected chi connectivity index (χ2v) is 15.1. The van der Waals surface area contributed by atoms with E-state index in [0.29, 0.717) is 76.9 Å². The van der Waals surface area contributed by atoms with E-state index in [0.717, 1.165) is 33.6 Å². The van der Waals surface area contributed by atoms with Crippen molar-refractivity contribution in [2.75, 3.05) is 30.6 Å². The molecule has 2 atom stereocenters. The lowest BCUT2D eigenvalue weighted by Gasteiger charge is -2.22. The molecular formula is C47H41N5O9. The molecule has 0 aromatic heterocycles. The minimum atomic E-state index is -0.693. The van der Waals surface area contributed by atoms with Crippen molar-refractivity contribution in [1.29, 1.82) is 0 Å². The lowest BCUT2D eigenvalue weighted by Crippen LogP contribution is -2.37. The predicted octanol–water partition coefficient (Wildman–Crippen LogP) is 8.28. The van der Waals surface area contributed by atoms with Crippen LogP contribution in [0.15, 0.2) is 106 Å². The van der Waals surface area contributed by atoms with Gasteiger partial charge in [-0.15, -0.1) is 4.91 Å². The maximum absolute atomic E-state index is 13.9. The number of fused-ring (bicyclic) bond motifs is 8. The second kappa shape index (κ2) is 16.7. The van der Waals surface area contributed by atoms with E-state index in [1.807, 2.05) is 79.2 Å². The normalized spacial score (nSPS) is 16.6. The molecule has 0 aliphatic carbocycles. The standard InChI is InChI=1S/C47H41N5O9/c1-57-41-20-35-37(48-24-32-18-30-9-3-5-11-39(30)51(32)46(35)54)22-43(41)60-26-28-15-29(17-34(16-28)59-14-8-7-13-45(53)50-56)27-61-44-23-38-36(21-42(44)58-2)47(55)52-33(25-49-38)19-31-10-4-6-12-40(31)52/h3-6,9-12,15-17,20-25,32-33H,7-8,13-14,18-19,26-27H2,1-2H3/t32-,33-/m0/s1. The van der Waals surface area contributed by atoms with E-state index in [2.05, 4.69) is 5.18 Å². The highest BCUT2D eigenvalue weighted by molar-refractivity contribution is 6.15. The van der Waals surface area contributed by atoms with Gasteiger partial charge in [0.1, 0.15) is 19.0 Å². The summed E-state index contributed by atoms with van der Waals surface area (Å²) in [5.41, 5.74) is 7.22. The summed E-state index contributed by atoms with van der Waals surface area (Å²) < 4.78 is 30.3. The first-order valence-corrected chi connectivity index (χ1v) is 20.0. The number of unbranched alkanes of at least 4 members (excludes halogenated alkanes) is 1. The quantitative estimate of drug-likeness (QED) is 0.0794. The molecule has 5 aromatic carbocycles. The molecule has 5 aromatic rings. The molecule has 0 bridgehead atoms. The van der Waals surface area contributed by atoms with Gasteiger partial charge in [-0.25, -0.2) is 0 Å². The van der Waals surface area contributed by atoms with Crippen molar-refractivity contribution in [2.24, 2.45) is 15.2 Å². The molecule has 0 spiro atoms. The Bertz CT molecular complexity index is 2480. The molecule has 0 radical (unpaired) electrons. The van der Waals surface area contributed by atoms with Gasteiger partial charge in [0.2, 0.25) is 0 Å². The summed E-state index contributed by atoms with van der Waals surface area (Å²) in [7, 11) is 3.05. The van der Waals surface area contributed by atoms with Gasteiger partial charge in [-0.05, 0) is 77.6 Å². The van der Waals surface area contributed by atoms with E-state index < -0.39 is 5.91 Å². The molecule has 14 heteroatoms. The van der Waals surface area contributed by atoms with E-state index in [-0.39, 0.29) is 50.1 Å². The van der Waals surface area contributed by atoms with Crippen LogP contribution in [0.4, 0.5) is 22.7 Å². The average molecular weight is 820 g/mol. The molecule has 0 N–H and O–H groups in total. The number of ether oxygens (including phenoxy) is 5. The number of rotatable bonds is 14. The Morgan fingerprint density at radius 1 is 0.656 bits per heavy atom. The Kier molecular flexibility index (Phi) is 10.7. The number of methoxy groups -OCH3 is 2. The van der Waals surface area contributed by atoms with Crippen LogP contribution in [-0.4, -0.2) is 63.1 Å². The van der Waals surface area contributed by atoms with Crippen molar-refractivity contribution in [3.05, 3.63) is 129 Å². The molecule has 3 amide bonds. The molecule has 14 nitrogen and oxygen atoms in total. The second-order valence-electron chi connectivity index (χ2n) is 15.1. The summed E-state index contributed by atoms with van der Waals surface area (Å²) in [5.74, 6) is 1.08. The van der Waals surface area contributed by atoms with Crippen molar-refractivity contribution in [1.82, 2.24) is 0 Å². The smallest absolute Gasteiger partial charge is 0.286 e. The van der Waals surface area contributed by atoms with E-state index in [1.54, 1.807) is 34.1 Å². The molecule has 4 aliphatic heterocycles. The summed E-state index contributed by atoms with van der Waals surface area (Å²) in [6.45, 7) is 0.480. The number of carbonyl (C=O) groups is 3. The van der Waals surface area contributed by atoms with Gasteiger partial charge >= 0.3 is 0 Å². The van der Waals surface area contributed by atoms with Gasteiger partial charge in [0.25, 0.3) is 17.7 Å². The molecule has 9 rings (SSSR count). The summed E-state index contributed by atoms with van der Waals surface area (Å²) in [4.78, 5) is 62.8. The molecular weight excluding hydrogens is 779 g/mol. The van der Waals surface area contributed by atoms with Gasteiger partial charge in [0.05, 0.1) is 55.4 Å².